The number of carbonyl (C=O) groups excluding carboxylic acids is 6. The standard InChI is InChI=1S/C20H29NO13.C9H12O2.C3H6O2/c1-9(22)28-8-15-16(30-11(3)24)17(34-20(21)26)18(31-12(4)25)19(33-15)32-14-7-27-6-5-13(14)29-10(2)23;10-6-7-11-8-9-4-2-1-3-5-9;1-3(4)5-2/h13-19H,5-8H2,1-4H3,(H2,21,26);1-5,10H,6-8H2;1-2H3/t13?,14?,15?,16-,17?,18?,19+;;/m1../s1. The van der Waals surface area contributed by atoms with Gasteiger partial charge in [0.15, 0.2) is 24.6 Å². The SMILES string of the molecule is CC(=O)OCC1O[C@H](OC2COCCC2OC(C)=O)C(OC(C)=O)C(OC(N)=O)[C@@H]1OC(C)=O.COC(C)=O.OCCOCc1ccccc1. The molecule has 0 bridgehead atoms. The highest BCUT2D eigenvalue weighted by Crippen LogP contribution is 2.31. The fourth-order valence-corrected chi connectivity index (χ4v) is 4.41. The summed E-state index contributed by atoms with van der Waals surface area (Å²) in [7, 11) is 1.35. The summed E-state index contributed by atoms with van der Waals surface area (Å²) in [5.74, 6) is -3.02. The minimum Gasteiger partial charge on any atom is -0.469 e. The van der Waals surface area contributed by atoms with E-state index in [-0.39, 0.29) is 19.2 Å². The molecule has 2 aliphatic heterocycles. The van der Waals surface area contributed by atoms with Crippen LogP contribution >= 0.6 is 0 Å². The third-order valence-corrected chi connectivity index (χ3v) is 6.40. The van der Waals surface area contributed by atoms with Crippen molar-refractivity contribution in [1.82, 2.24) is 0 Å². The molecule has 2 heterocycles. The highest BCUT2D eigenvalue weighted by molar-refractivity contribution is 5.68. The predicted molar refractivity (Wildman–Crippen MR) is 168 cm³/mol. The van der Waals surface area contributed by atoms with E-state index in [1.807, 2.05) is 30.3 Å². The lowest BCUT2D eigenvalue weighted by atomic mass is 9.98. The molecule has 18 nitrogen and oxygen atoms in total. The Labute approximate surface area is 289 Å². The number of aliphatic hydroxyl groups is 1. The van der Waals surface area contributed by atoms with Crippen molar-refractivity contribution in [3.8, 4) is 0 Å². The van der Waals surface area contributed by atoms with Gasteiger partial charge in [-0.15, -0.1) is 0 Å². The first-order valence-corrected chi connectivity index (χ1v) is 15.4. The van der Waals surface area contributed by atoms with Crippen LogP contribution < -0.4 is 5.73 Å². The van der Waals surface area contributed by atoms with E-state index in [9.17, 15) is 28.8 Å². The number of rotatable bonds is 12. The third kappa shape index (κ3) is 17.9. The first kappa shape index (κ1) is 43.7. The van der Waals surface area contributed by atoms with Crippen molar-refractivity contribution in [1.29, 1.82) is 0 Å². The summed E-state index contributed by atoms with van der Waals surface area (Å²) >= 11 is 0. The van der Waals surface area contributed by atoms with E-state index in [2.05, 4.69) is 4.74 Å². The van der Waals surface area contributed by atoms with Crippen LogP contribution in [0.5, 0.6) is 0 Å². The molecule has 1 aromatic rings. The maximum absolute atomic E-state index is 11.8. The highest BCUT2D eigenvalue weighted by atomic mass is 16.7. The molecule has 50 heavy (non-hydrogen) atoms. The van der Waals surface area contributed by atoms with Crippen molar-refractivity contribution in [2.45, 2.75) is 90.6 Å². The average Bonchev–Trinajstić information content (AvgIpc) is 3.04. The quantitative estimate of drug-likeness (QED) is 0.172. The second-order valence-electron chi connectivity index (χ2n) is 10.5. The van der Waals surface area contributed by atoms with Gasteiger partial charge in [-0.25, -0.2) is 4.79 Å². The molecule has 3 rings (SSSR count). The molecule has 7 atom stereocenters. The maximum atomic E-state index is 11.8. The summed E-state index contributed by atoms with van der Waals surface area (Å²) in [5, 5.41) is 8.42. The van der Waals surface area contributed by atoms with Gasteiger partial charge in [-0.2, -0.15) is 0 Å². The van der Waals surface area contributed by atoms with Gasteiger partial charge in [0.2, 0.25) is 0 Å². The third-order valence-electron chi connectivity index (χ3n) is 6.40. The number of hydrogen-bond acceptors (Lipinski definition) is 17. The molecule has 0 saturated carbocycles. The molecule has 0 aliphatic carbocycles. The van der Waals surface area contributed by atoms with Crippen molar-refractivity contribution in [3.63, 3.8) is 0 Å². The zero-order chi connectivity index (χ0) is 37.6. The van der Waals surface area contributed by atoms with Crippen LogP contribution in [-0.4, -0.2) is 124 Å². The first-order chi connectivity index (χ1) is 23.7. The Bertz CT molecular complexity index is 1210. The Morgan fingerprint density at radius 3 is 1.92 bits per heavy atom. The van der Waals surface area contributed by atoms with Crippen molar-refractivity contribution >= 4 is 35.9 Å². The molecule has 2 aliphatic rings. The molecule has 0 radical (unpaired) electrons. The smallest absolute Gasteiger partial charge is 0.405 e. The lowest BCUT2D eigenvalue weighted by molar-refractivity contribution is -0.325. The molecule has 0 spiro atoms. The van der Waals surface area contributed by atoms with Gasteiger partial charge in [0, 0.05) is 41.0 Å². The molecule has 1 amide bonds. The fourth-order valence-electron chi connectivity index (χ4n) is 4.41. The van der Waals surface area contributed by atoms with Crippen molar-refractivity contribution in [2.75, 3.05) is 40.1 Å². The lowest BCUT2D eigenvalue weighted by Crippen LogP contribution is -2.64. The topological polar surface area (TPSA) is 241 Å². The lowest BCUT2D eigenvalue weighted by Gasteiger charge is -2.45. The summed E-state index contributed by atoms with van der Waals surface area (Å²) in [6, 6.07) is 9.90. The van der Waals surface area contributed by atoms with E-state index in [0.717, 1.165) is 26.3 Å². The molecule has 18 heteroatoms. The molecular formula is C32H47NO17. The van der Waals surface area contributed by atoms with Gasteiger partial charge in [-0.3, -0.25) is 24.0 Å². The molecule has 282 valence electrons. The summed E-state index contributed by atoms with van der Waals surface area (Å²) in [5.41, 5.74) is 6.34. The summed E-state index contributed by atoms with van der Waals surface area (Å²) < 4.78 is 52.4. The number of amides is 1. The van der Waals surface area contributed by atoms with Crippen LogP contribution in [0.1, 0.15) is 46.6 Å². The number of aliphatic hydroxyl groups excluding tert-OH is 1. The van der Waals surface area contributed by atoms with E-state index in [4.69, 9.17) is 53.5 Å². The zero-order valence-corrected chi connectivity index (χ0v) is 28.9. The Hall–Kier alpha value is -4.36. The summed E-state index contributed by atoms with van der Waals surface area (Å²) in [4.78, 5) is 67.7. The van der Waals surface area contributed by atoms with Gasteiger partial charge in [0.05, 0.1) is 40.1 Å². The van der Waals surface area contributed by atoms with Crippen LogP contribution in [0.15, 0.2) is 30.3 Å². The molecule has 5 unspecified atom stereocenters. The Balaban J connectivity index is 0.000000640. The van der Waals surface area contributed by atoms with Crippen LogP contribution in [0, 0.1) is 0 Å². The number of methoxy groups -OCH3 is 1. The van der Waals surface area contributed by atoms with Gasteiger partial charge in [-0.05, 0) is 5.56 Å². The van der Waals surface area contributed by atoms with Crippen LogP contribution in [0.3, 0.4) is 0 Å². The van der Waals surface area contributed by atoms with E-state index in [1.165, 1.54) is 21.0 Å². The number of carbonyl (C=O) groups is 6. The molecule has 3 N–H and O–H groups in total. The second-order valence-corrected chi connectivity index (χ2v) is 10.5. The van der Waals surface area contributed by atoms with Crippen LogP contribution in [-0.2, 0) is 77.9 Å². The van der Waals surface area contributed by atoms with Crippen molar-refractivity contribution < 1.29 is 81.2 Å². The molecule has 1 aromatic carbocycles. The Morgan fingerprint density at radius 2 is 1.40 bits per heavy atom. The first-order valence-electron chi connectivity index (χ1n) is 15.4. The van der Waals surface area contributed by atoms with E-state index < -0.39 is 79.5 Å². The predicted octanol–water partition coefficient (Wildman–Crippen LogP) is 0.714. The van der Waals surface area contributed by atoms with Crippen LogP contribution in [0.2, 0.25) is 0 Å². The van der Waals surface area contributed by atoms with Gasteiger partial charge in [0.25, 0.3) is 0 Å². The van der Waals surface area contributed by atoms with E-state index in [0.29, 0.717) is 26.2 Å². The fraction of sp³-hybridized carbons (Fsp3) is 0.625. The summed E-state index contributed by atoms with van der Waals surface area (Å²) in [6.45, 7) is 6.92. The zero-order valence-electron chi connectivity index (χ0n) is 28.9. The number of esters is 5. The minimum atomic E-state index is -1.48. The van der Waals surface area contributed by atoms with Crippen LogP contribution in [0.25, 0.3) is 0 Å². The van der Waals surface area contributed by atoms with Crippen molar-refractivity contribution in [2.24, 2.45) is 5.73 Å². The number of ether oxygens (including phenoxy) is 10. The second kappa shape index (κ2) is 23.9. The normalized spacial score (nSPS) is 23.9. The number of benzene rings is 1. The number of primary amides is 1. The average molecular weight is 718 g/mol. The number of nitrogens with two attached hydrogens (primary N) is 1. The molecule has 2 fully saturated rings. The van der Waals surface area contributed by atoms with Crippen LogP contribution in [0.4, 0.5) is 4.79 Å². The summed E-state index contributed by atoms with van der Waals surface area (Å²) in [6.07, 6.45) is -9.45. The monoisotopic (exact) mass is 717 g/mol. The molecule has 0 aromatic heterocycles. The van der Waals surface area contributed by atoms with Gasteiger partial charge in [-0.1, -0.05) is 30.3 Å². The van der Waals surface area contributed by atoms with Gasteiger partial charge >= 0.3 is 35.9 Å². The largest absolute Gasteiger partial charge is 0.469 e. The van der Waals surface area contributed by atoms with Gasteiger partial charge < -0.3 is 58.2 Å². The Morgan fingerprint density at radius 1 is 0.800 bits per heavy atom. The number of hydrogen-bond donors (Lipinski definition) is 2. The maximum Gasteiger partial charge on any atom is 0.405 e. The highest BCUT2D eigenvalue weighted by Gasteiger charge is 2.54. The minimum absolute atomic E-state index is 0.00787. The Kier molecular flexibility index (Phi) is 20.9. The van der Waals surface area contributed by atoms with Gasteiger partial charge in [0.1, 0.15) is 24.9 Å². The van der Waals surface area contributed by atoms with E-state index >= 15 is 0 Å². The van der Waals surface area contributed by atoms with E-state index in [1.54, 1.807) is 0 Å². The van der Waals surface area contributed by atoms with Crippen molar-refractivity contribution in [3.05, 3.63) is 35.9 Å². The molecular weight excluding hydrogens is 670 g/mol. The molecule has 2 saturated heterocycles.